The van der Waals surface area contributed by atoms with E-state index in [-0.39, 0.29) is 23.5 Å². The Kier molecular flexibility index (Phi) is 4.43. The molecule has 6 nitrogen and oxygen atoms in total. The third-order valence-electron chi connectivity index (χ3n) is 3.43. The number of rotatable bonds is 5. The lowest BCUT2D eigenvalue weighted by atomic mass is 10.2. The van der Waals surface area contributed by atoms with Crippen molar-refractivity contribution in [2.24, 2.45) is 0 Å². The molecule has 1 aromatic heterocycles. The van der Waals surface area contributed by atoms with E-state index in [4.69, 9.17) is 9.15 Å². The van der Waals surface area contributed by atoms with Crippen LogP contribution in [0.5, 0.6) is 0 Å². The highest BCUT2D eigenvalue weighted by molar-refractivity contribution is 5.80. The molecule has 1 fully saturated rings. The summed E-state index contributed by atoms with van der Waals surface area (Å²) in [5.41, 5.74) is 0.268. The predicted octanol–water partition coefficient (Wildman–Crippen LogP) is 1.71. The molecule has 0 spiro atoms. The first-order valence-corrected chi connectivity index (χ1v) is 7.20. The van der Waals surface area contributed by atoms with Gasteiger partial charge in [0.15, 0.2) is 0 Å². The monoisotopic (exact) mass is 305 g/mol. The molecule has 0 radical (unpaired) electrons. The van der Waals surface area contributed by atoms with Gasteiger partial charge in [-0.15, -0.1) is 10.2 Å². The molecule has 0 saturated carbocycles. The summed E-state index contributed by atoms with van der Waals surface area (Å²) >= 11 is 0. The SMILES string of the molecule is O=C(NCCc1nnc(-c2ccccc2F)o1)C1CCCO1. The lowest BCUT2D eigenvalue weighted by Gasteiger charge is -2.08. The predicted molar refractivity (Wildman–Crippen MR) is 75.4 cm³/mol. The zero-order chi connectivity index (χ0) is 15.4. The Hall–Kier alpha value is -2.28. The Bertz CT molecular complexity index is 653. The van der Waals surface area contributed by atoms with Crippen LogP contribution in [0.1, 0.15) is 18.7 Å². The maximum absolute atomic E-state index is 13.6. The van der Waals surface area contributed by atoms with E-state index in [2.05, 4.69) is 15.5 Å². The Labute approximate surface area is 126 Å². The molecule has 22 heavy (non-hydrogen) atoms. The second kappa shape index (κ2) is 6.65. The van der Waals surface area contributed by atoms with Gasteiger partial charge in [0.25, 0.3) is 5.89 Å². The van der Waals surface area contributed by atoms with Crippen molar-refractivity contribution in [1.29, 1.82) is 0 Å². The van der Waals surface area contributed by atoms with Crippen LogP contribution in [-0.4, -0.2) is 35.4 Å². The minimum absolute atomic E-state index is 0.119. The first-order valence-electron chi connectivity index (χ1n) is 7.20. The van der Waals surface area contributed by atoms with Gasteiger partial charge in [0.1, 0.15) is 11.9 Å². The summed E-state index contributed by atoms with van der Waals surface area (Å²) < 4.78 is 24.3. The van der Waals surface area contributed by atoms with Crippen LogP contribution >= 0.6 is 0 Å². The summed E-state index contributed by atoms with van der Waals surface area (Å²) in [4.78, 5) is 11.8. The summed E-state index contributed by atoms with van der Waals surface area (Å²) in [5.74, 6) is -0.0415. The Balaban J connectivity index is 1.54. The number of carbonyl (C=O) groups is 1. The average molecular weight is 305 g/mol. The molecule has 0 aliphatic carbocycles. The first-order chi connectivity index (χ1) is 10.7. The topological polar surface area (TPSA) is 77.3 Å². The number of halogens is 1. The molecule has 2 aromatic rings. The number of benzene rings is 1. The summed E-state index contributed by atoms with van der Waals surface area (Å²) in [6.07, 6.45) is 1.70. The molecule has 1 N–H and O–H groups in total. The van der Waals surface area contributed by atoms with Crippen molar-refractivity contribution in [3.8, 4) is 11.5 Å². The van der Waals surface area contributed by atoms with Gasteiger partial charge in [-0.3, -0.25) is 4.79 Å². The van der Waals surface area contributed by atoms with Crippen LogP contribution in [0.2, 0.25) is 0 Å². The van der Waals surface area contributed by atoms with Crippen LogP contribution in [0, 0.1) is 5.82 Å². The van der Waals surface area contributed by atoms with Crippen LogP contribution in [0.15, 0.2) is 28.7 Å². The molecule has 1 atom stereocenters. The largest absolute Gasteiger partial charge is 0.421 e. The number of ether oxygens (including phenoxy) is 1. The number of nitrogens with one attached hydrogen (secondary N) is 1. The standard InChI is InChI=1S/C15H16FN3O3/c16-11-5-2-1-4-10(11)15-19-18-13(22-15)7-8-17-14(20)12-6-3-9-21-12/h1-2,4-5,12H,3,6-9H2,(H,17,20). The van der Waals surface area contributed by atoms with Gasteiger partial charge in [-0.25, -0.2) is 4.39 Å². The third kappa shape index (κ3) is 3.30. The minimum atomic E-state index is -0.413. The number of hydrogen-bond donors (Lipinski definition) is 1. The van der Waals surface area contributed by atoms with E-state index < -0.39 is 5.82 Å². The highest BCUT2D eigenvalue weighted by Gasteiger charge is 2.23. The second-order valence-corrected chi connectivity index (χ2v) is 5.02. The van der Waals surface area contributed by atoms with E-state index in [1.807, 2.05) is 0 Å². The summed E-state index contributed by atoms with van der Waals surface area (Å²) in [5, 5.41) is 10.5. The molecule has 0 bridgehead atoms. The van der Waals surface area contributed by atoms with Crippen molar-refractivity contribution >= 4 is 5.91 Å². The van der Waals surface area contributed by atoms with Crippen LogP contribution in [-0.2, 0) is 16.0 Å². The van der Waals surface area contributed by atoms with E-state index in [0.717, 1.165) is 12.8 Å². The van der Waals surface area contributed by atoms with Crippen LogP contribution in [0.3, 0.4) is 0 Å². The van der Waals surface area contributed by atoms with E-state index in [9.17, 15) is 9.18 Å². The van der Waals surface area contributed by atoms with Crippen LogP contribution < -0.4 is 5.32 Å². The minimum Gasteiger partial charge on any atom is -0.421 e. The number of carbonyl (C=O) groups excluding carboxylic acids is 1. The van der Waals surface area contributed by atoms with Gasteiger partial charge < -0.3 is 14.5 Å². The molecule has 1 aliphatic rings. The molecule has 1 amide bonds. The van der Waals surface area contributed by atoms with Gasteiger partial charge >= 0.3 is 0 Å². The lowest BCUT2D eigenvalue weighted by molar-refractivity contribution is -0.130. The molecule has 1 aliphatic heterocycles. The van der Waals surface area contributed by atoms with Crippen molar-refractivity contribution in [2.75, 3.05) is 13.2 Å². The molecule has 3 rings (SSSR count). The van der Waals surface area contributed by atoms with Gasteiger partial charge in [-0.2, -0.15) is 0 Å². The second-order valence-electron chi connectivity index (χ2n) is 5.02. The molecule has 1 saturated heterocycles. The lowest BCUT2D eigenvalue weighted by Crippen LogP contribution is -2.35. The van der Waals surface area contributed by atoms with E-state index >= 15 is 0 Å². The highest BCUT2D eigenvalue weighted by atomic mass is 19.1. The zero-order valence-electron chi connectivity index (χ0n) is 11.9. The fourth-order valence-corrected chi connectivity index (χ4v) is 2.29. The van der Waals surface area contributed by atoms with Crippen LogP contribution in [0.4, 0.5) is 4.39 Å². The Morgan fingerprint density at radius 2 is 2.23 bits per heavy atom. The quantitative estimate of drug-likeness (QED) is 0.910. The fourth-order valence-electron chi connectivity index (χ4n) is 2.29. The first kappa shape index (κ1) is 14.6. The summed E-state index contributed by atoms with van der Waals surface area (Å²) in [6.45, 7) is 1.01. The van der Waals surface area contributed by atoms with Gasteiger partial charge in [0, 0.05) is 19.6 Å². The number of aromatic nitrogens is 2. The summed E-state index contributed by atoms with van der Waals surface area (Å²) in [6, 6.07) is 6.20. The molecular formula is C15H16FN3O3. The highest BCUT2D eigenvalue weighted by Crippen LogP contribution is 2.20. The smallest absolute Gasteiger partial charge is 0.250 e. The van der Waals surface area contributed by atoms with Crippen LogP contribution in [0.25, 0.3) is 11.5 Å². The molecule has 2 heterocycles. The maximum Gasteiger partial charge on any atom is 0.250 e. The normalized spacial score (nSPS) is 17.6. The van der Waals surface area contributed by atoms with Crippen molar-refractivity contribution in [1.82, 2.24) is 15.5 Å². The number of hydrogen-bond acceptors (Lipinski definition) is 5. The molecule has 1 aromatic carbocycles. The van der Waals surface area contributed by atoms with Gasteiger partial charge in [0.2, 0.25) is 11.8 Å². The van der Waals surface area contributed by atoms with Crippen molar-refractivity contribution < 1.29 is 18.3 Å². The van der Waals surface area contributed by atoms with E-state index in [1.165, 1.54) is 6.07 Å². The van der Waals surface area contributed by atoms with E-state index in [1.54, 1.807) is 18.2 Å². The fraction of sp³-hybridized carbons (Fsp3) is 0.400. The van der Waals surface area contributed by atoms with Crippen molar-refractivity contribution in [2.45, 2.75) is 25.4 Å². The summed E-state index contributed by atoms with van der Waals surface area (Å²) in [7, 11) is 0. The molecule has 116 valence electrons. The van der Waals surface area contributed by atoms with E-state index in [0.29, 0.717) is 25.5 Å². The maximum atomic E-state index is 13.6. The Morgan fingerprint density at radius 3 is 3.00 bits per heavy atom. The number of nitrogens with zero attached hydrogens (tertiary/aromatic N) is 2. The molecule has 1 unspecified atom stereocenters. The van der Waals surface area contributed by atoms with Gasteiger partial charge in [-0.05, 0) is 25.0 Å². The molecular weight excluding hydrogens is 289 g/mol. The van der Waals surface area contributed by atoms with Crippen molar-refractivity contribution in [3.05, 3.63) is 36.0 Å². The van der Waals surface area contributed by atoms with Crippen molar-refractivity contribution in [3.63, 3.8) is 0 Å². The third-order valence-corrected chi connectivity index (χ3v) is 3.43. The zero-order valence-corrected chi connectivity index (χ0v) is 11.9. The number of amides is 1. The average Bonchev–Trinajstić information content (AvgIpc) is 3.19. The van der Waals surface area contributed by atoms with Gasteiger partial charge in [-0.1, -0.05) is 12.1 Å². The Morgan fingerprint density at radius 1 is 1.36 bits per heavy atom. The molecule has 7 heteroatoms. The van der Waals surface area contributed by atoms with Gasteiger partial charge in [0.05, 0.1) is 5.56 Å².